The van der Waals surface area contributed by atoms with Gasteiger partial charge in [0.1, 0.15) is 23.6 Å². The fourth-order valence-electron chi connectivity index (χ4n) is 3.54. The number of carbonyl (C=O) groups excluding carboxylic acids is 1. The molecule has 3 aromatic heterocycles. The van der Waals surface area contributed by atoms with E-state index in [1.165, 1.54) is 6.33 Å². The normalized spacial score (nSPS) is 10.9. The molecule has 35 heavy (non-hydrogen) atoms. The number of amides is 1. The fourth-order valence-corrected chi connectivity index (χ4v) is 3.67. The molecule has 0 aliphatic carbocycles. The number of nitrogens with one attached hydrogen (secondary N) is 1. The molecule has 0 fully saturated rings. The van der Waals surface area contributed by atoms with E-state index in [0.717, 1.165) is 5.69 Å². The quantitative estimate of drug-likeness (QED) is 0.368. The molecule has 11 heteroatoms. The summed E-state index contributed by atoms with van der Waals surface area (Å²) in [5.41, 5.74) is 2.09. The Kier molecular flexibility index (Phi) is 6.02. The van der Waals surface area contributed by atoms with Gasteiger partial charge >= 0.3 is 0 Å². The molecule has 2 aromatic carbocycles. The smallest absolute Gasteiger partial charge is 0.263 e. The summed E-state index contributed by atoms with van der Waals surface area (Å²) in [7, 11) is 1.57. The zero-order valence-electron chi connectivity index (χ0n) is 18.8. The zero-order valence-corrected chi connectivity index (χ0v) is 19.6. The molecule has 1 N–H and O–H groups in total. The number of benzene rings is 2. The van der Waals surface area contributed by atoms with Crippen molar-refractivity contribution in [2.24, 2.45) is 0 Å². The van der Waals surface area contributed by atoms with Gasteiger partial charge in [0.05, 0.1) is 30.1 Å². The lowest BCUT2D eigenvalue weighted by atomic mass is 10.3. The average Bonchev–Trinajstić information content (AvgIpc) is 3.46. The van der Waals surface area contributed by atoms with Crippen molar-refractivity contribution in [1.82, 2.24) is 29.5 Å². The maximum atomic E-state index is 12.6. The molecule has 176 valence electrons. The number of fused-ring (bicyclic) bond motifs is 1. The predicted molar refractivity (Wildman–Crippen MR) is 131 cm³/mol. The van der Waals surface area contributed by atoms with E-state index >= 15 is 0 Å². The van der Waals surface area contributed by atoms with Crippen LogP contribution >= 0.6 is 11.6 Å². The minimum atomic E-state index is -0.351. The molecule has 0 radical (unpaired) electrons. The summed E-state index contributed by atoms with van der Waals surface area (Å²) in [5.74, 6) is 1.74. The molecule has 5 rings (SSSR count). The van der Waals surface area contributed by atoms with E-state index in [1.807, 2.05) is 19.1 Å². The Hall–Kier alpha value is -4.44. The van der Waals surface area contributed by atoms with E-state index in [0.29, 0.717) is 44.9 Å². The van der Waals surface area contributed by atoms with Gasteiger partial charge in [0.15, 0.2) is 18.1 Å². The molecule has 0 atom stereocenters. The second kappa shape index (κ2) is 9.43. The van der Waals surface area contributed by atoms with Gasteiger partial charge in [0.2, 0.25) is 0 Å². The van der Waals surface area contributed by atoms with Crippen molar-refractivity contribution in [3.8, 4) is 23.0 Å². The second-order valence-corrected chi connectivity index (χ2v) is 8.00. The number of aromatic nitrogens is 6. The van der Waals surface area contributed by atoms with E-state index in [9.17, 15) is 4.79 Å². The maximum absolute atomic E-state index is 12.6. The summed E-state index contributed by atoms with van der Waals surface area (Å²) < 4.78 is 14.0. The number of halogens is 1. The van der Waals surface area contributed by atoms with Crippen LogP contribution in [0.2, 0.25) is 5.02 Å². The Labute approximate surface area is 205 Å². The molecule has 0 saturated carbocycles. The van der Waals surface area contributed by atoms with Crippen LogP contribution in [-0.2, 0) is 4.79 Å². The molecule has 0 bridgehead atoms. The van der Waals surface area contributed by atoms with Crippen LogP contribution in [0.4, 0.5) is 5.82 Å². The number of carbonyl (C=O) groups is 1. The van der Waals surface area contributed by atoms with Crippen molar-refractivity contribution >= 4 is 34.4 Å². The largest absolute Gasteiger partial charge is 0.497 e. The van der Waals surface area contributed by atoms with Crippen LogP contribution in [0.1, 0.15) is 5.69 Å². The van der Waals surface area contributed by atoms with Crippen LogP contribution in [0.25, 0.3) is 22.5 Å². The number of rotatable bonds is 7. The van der Waals surface area contributed by atoms with E-state index in [-0.39, 0.29) is 12.5 Å². The number of hydrogen-bond acceptors (Lipinski definition) is 7. The van der Waals surface area contributed by atoms with Crippen molar-refractivity contribution in [1.29, 1.82) is 0 Å². The predicted octanol–water partition coefficient (Wildman–Crippen LogP) is 3.99. The molecule has 0 aliphatic rings. The van der Waals surface area contributed by atoms with Crippen LogP contribution in [0.15, 0.2) is 67.1 Å². The number of methoxy groups -OCH3 is 1. The number of ether oxygens (including phenoxy) is 2. The Morgan fingerprint density at radius 3 is 2.66 bits per heavy atom. The summed E-state index contributed by atoms with van der Waals surface area (Å²) in [4.78, 5) is 21.5. The van der Waals surface area contributed by atoms with Gasteiger partial charge in [-0.3, -0.25) is 4.79 Å². The number of anilines is 1. The topological polar surface area (TPSA) is 109 Å². The Morgan fingerprint density at radius 1 is 1.06 bits per heavy atom. The van der Waals surface area contributed by atoms with Crippen LogP contribution in [0.3, 0.4) is 0 Å². The van der Waals surface area contributed by atoms with Gasteiger partial charge < -0.3 is 14.8 Å². The van der Waals surface area contributed by atoms with Gasteiger partial charge in [-0.25, -0.2) is 14.6 Å². The first-order valence-electron chi connectivity index (χ1n) is 10.6. The first kappa shape index (κ1) is 22.4. The van der Waals surface area contributed by atoms with Gasteiger partial charge in [-0.1, -0.05) is 17.7 Å². The molecule has 0 unspecified atom stereocenters. The van der Waals surface area contributed by atoms with E-state index in [1.54, 1.807) is 65.1 Å². The molecule has 10 nitrogen and oxygen atoms in total. The van der Waals surface area contributed by atoms with Gasteiger partial charge in [-0.05, 0) is 43.3 Å². The highest BCUT2D eigenvalue weighted by atomic mass is 35.5. The lowest BCUT2D eigenvalue weighted by molar-refractivity contribution is -0.118. The van der Waals surface area contributed by atoms with E-state index in [2.05, 4.69) is 25.5 Å². The van der Waals surface area contributed by atoms with Crippen LogP contribution in [-0.4, -0.2) is 49.2 Å². The monoisotopic (exact) mass is 489 g/mol. The third-order valence-corrected chi connectivity index (χ3v) is 5.38. The van der Waals surface area contributed by atoms with Crippen LogP contribution in [0.5, 0.6) is 11.5 Å². The van der Waals surface area contributed by atoms with Gasteiger partial charge in [0.25, 0.3) is 5.91 Å². The molecular formula is C24H20ClN7O3. The van der Waals surface area contributed by atoms with E-state index < -0.39 is 0 Å². The lowest BCUT2D eigenvalue weighted by Gasteiger charge is -2.10. The Bertz CT molecular complexity index is 1510. The Morgan fingerprint density at radius 2 is 1.86 bits per heavy atom. The first-order valence-corrected chi connectivity index (χ1v) is 11.0. The highest BCUT2D eigenvalue weighted by molar-refractivity contribution is 6.30. The molecule has 1 amide bonds. The molecule has 0 aliphatic heterocycles. The summed E-state index contributed by atoms with van der Waals surface area (Å²) in [6.07, 6.45) is 3.09. The summed E-state index contributed by atoms with van der Waals surface area (Å²) >= 11 is 6.01. The maximum Gasteiger partial charge on any atom is 0.263 e. The number of aryl methyl sites for hydroxylation is 1. The molecule has 5 aromatic rings. The van der Waals surface area contributed by atoms with Crippen molar-refractivity contribution in [2.45, 2.75) is 6.92 Å². The third-order valence-electron chi connectivity index (χ3n) is 5.13. The summed E-state index contributed by atoms with van der Waals surface area (Å²) in [6, 6.07) is 16.1. The molecular weight excluding hydrogens is 470 g/mol. The minimum absolute atomic E-state index is 0.189. The Balaban J connectivity index is 1.41. The lowest BCUT2D eigenvalue weighted by Crippen LogP contribution is -2.22. The summed E-state index contributed by atoms with van der Waals surface area (Å²) in [5, 5.41) is 13.1. The van der Waals surface area contributed by atoms with Crippen molar-refractivity contribution in [3.05, 3.63) is 77.8 Å². The average molecular weight is 490 g/mol. The number of nitrogens with zero attached hydrogens (tertiary/aromatic N) is 6. The fraction of sp³-hybridized carbons (Fsp3) is 0.125. The standard InChI is InChI=1S/C24H20ClN7O3/c1-15-10-21(29-22(33)13-35-19-5-3-4-18(11-19)34-2)32(30-15)24-20-12-28-31(23(20)26-14-27-24)17-8-6-16(25)7-9-17/h3-12,14H,13H2,1-2H3,(H,29,33). The highest BCUT2D eigenvalue weighted by Crippen LogP contribution is 2.25. The van der Waals surface area contributed by atoms with Crippen molar-refractivity contribution in [2.75, 3.05) is 19.0 Å². The van der Waals surface area contributed by atoms with Crippen LogP contribution in [0, 0.1) is 6.92 Å². The highest BCUT2D eigenvalue weighted by Gasteiger charge is 2.18. The van der Waals surface area contributed by atoms with Gasteiger partial charge in [-0.2, -0.15) is 14.9 Å². The van der Waals surface area contributed by atoms with Crippen LogP contribution < -0.4 is 14.8 Å². The number of hydrogen-bond donors (Lipinski definition) is 1. The molecule has 0 saturated heterocycles. The summed E-state index contributed by atoms with van der Waals surface area (Å²) in [6.45, 7) is 1.64. The zero-order chi connectivity index (χ0) is 24.4. The van der Waals surface area contributed by atoms with Crippen molar-refractivity contribution in [3.63, 3.8) is 0 Å². The van der Waals surface area contributed by atoms with Gasteiger partial charge in [0, 0.05) is 17.2 Å². The SMILES string of the molecule is COc1cccc(OCC(=O)Nc2cc(C)nn2-c2ncnc3c2cnn3-c2ccc(Cl)cc2)c1. The second-order valence-electron chi connectivity index (χ2n) is 7.57. The van der Waals surface area contributed by atoms with Gasteiger partial charge in [-0.15, -0.1) is 0 Å². The van der Waals surface area contributed by atoms with Crippen molar-refractivity contribution < 1.29 is 14.3 Å². The van der Waals surface area contributed by atoms with E-state index in [4.69, 9.17) is 21.1 Å². The minimum Gasteiger partial charge on any atom is -0.497 e. The first-order chi connectivity index (χ1) is 17.0. The molecule has 3 heterocycles. The molecule has 0 spiro atoms. The third kappa shape index (κ3) is 4.64.